The summed E-state index contributed by atoms with van der Waals surface area (Å²) in [6.45, 7) is 13.6. The Morgan fingerprint density at radius 2 is 1.36 bits per heavy atom. The number of methoxy groups -OCH3 is 2. The summed E-state index contributed by atoms with van der Waals surface area (Å²) in [5, 5.41) is 2.50. The molecule has 3 rings (SSSR count). The van der Waals surface area contributed by atoms with Gasteiger partial charge in [-0.15, -0.1) is 6.58 Å². The van der Waals surface area contributed by atoms with Crippen LogP contribution in [0, 0.1) is 16.7 Å². The van der Waals surface area contributed by atoms with Crippen LogP contribution in [0.15, 0.2) is 73.3 Å². The molecule has 0 amide bonds. The Kier molecular flexibility index (Phi) is 11.8. The van der Waals surface area contributed by atoms with E-state index < -0.39 is 31.6 Å². The van der Waals surface area contributed by atoms with Crippen molar-refractivity contribution in [2.45, 2.75) is 90.5 Å². The number of rotatable bonds is 14. The molecule has 0 bridgehead atoms. The molecule has 1 atom stereocenters. The molecule has 0 spiro atoms. The van der Waals surface area contributed by atoms with Gasteiger partial charge >= 0.3 is 11.9 Å². The predicted octanol–water partition coefficient (Wildman–Crippen LogP) is 7.23. The average molecular weight is 593 g/mol. The van der Waals surface area contributed by atoms with Crippen LogP contribution in [0.1, 0.15) is 85.5 Å². The second kappa shape index (κ2) is 14.7. The van der Waals surface area contributed by atoms with Crippen LogP contribution in [0.5, 0.6) is 0 Å². The summed E-state index contributed by atoms with van der Waals surface area (Å²) in [5.74, 6) is -2.07. The number of carbonyl (C=O) groups excluding carboxylic acids is 2. The van der Waals surface area contributed by atoms with Crippen molar-refractivity contribution >= 4 is 30.6 Å². The van der Waals surface area contributed by atoms with Gasteiger partial charge in [-0.3, -0.25) is 9.59 Å². The van der Waals surface area contributed by atoms with Crippen molar-refractivity contribution in [3.63, 3.8) is 0 Å². The third-order valence-electron chi connectivity index (χ3n) is 9.69. The molecule has 1 unspecified atom stereocenters. The highest BCUT2D eigenvalue weighted by molar-refractivity contribution is 6.99. The van der Waals surface area contributed by atoms with Crippen LogP contribution < -0.4 is 10.4 Å². The summed E-state index contributed by atoms with van der Waals surface area (Å²) >= 11 is 0. The molecule has 0 radical (unpaired) electrons. The summed E-state index contributed by atoms with van der Waals surface area (Å²) in [6.07, 6.45) is 10.8. The molecule has 0 saturated heterocycles. The maximum absolute atomic E-state index is 12.8. The van der Waals surface area contributed by atoms with Gasteiger partial charge in [-0.05, 0) is 64.8 Å². The highest BCUT2D eigenvalue weighted by Gasteiger charge is 2.51. The third-order valence-corrected chi connectivity index (χ3v) is 14.7. The molecular weight excluding hydrogens is 540 g/mol. The van der Waals surface area contributed by atoms with Gasteiger partial charge in [0.2, 0.25) is 0 Å². The summed E-state index contributed by atoms with van der Waals surface area (Å²) in [5.41, 5.74) is -0.561. The fraction of sp³-hybridized carbons (Fsp3) is 0.556. The number of carbonyl (C=O) groups is 2. The van der Waals surface area contributed by atoms with Gasteiger partial charge < -0.3 is 13.9 Å². The van der Waals surface area contributed by atoms with E-state index in [9.17, 15) is 9.59 Å². The van der Waals surface area contributed by atoms with Gasteiger partial charge in [0.15, 0.2) is 5.92 Å². The average Bonchev–Trinajstić information content (AvgIpc) is 2.99. The molecule has 6 heteroatoms. The Balaban J connectivity index is 1.92. The van der Waals surface area contributed by atoms with E-state index in [4.69, 9.17) is 13.9 Å². The normalized spacial score (nSPS) is 16.8. The molecule has 1 fully saturated rings. The Hall–Kier alpha value is -2.70. The topological polar surface area (TPSA) is 61.8 Å². The van der Waals surface area contributed by atoms with Gasteiger partial charge in [0.25, 0.3) is 8.32 Å². The Morgan fingerprint density at radius 1 is 0.857 bits per heavy atom. The summed E-state index contributed by atoms with van der Waals surface area (Å²) in [4.78, 5) is 25.7. The number of esters is 2. The first kappa shape index (κ1) is 33.8. The van der Waals surface area contributed by atoms with Crippen molar-refractivity contribution in [3.05, 3.63) is 73.3 Å². The van der Waals surface area contributed by atoms with Crippen molar-refractivity contribution in [3.8, 4) is 0 Å². The zero-order valence-corrected chi connectivity index (χ0v) is 27.7. The lowest BCUT2D eigenvalue weighted by atomic mass is 9.63. The molecule has 1 aliphatic rings. The molecule has 1 aliphatic carbocycles. The number of ether oxygens (including phenoxy) is 2. The second-order valence-corrected chi connectivity index (χ2v) is 17.8. The van der Waals surface area contributed by atoms with Crippen LogP contribution in [0.4, 0.5) is 0 Å². The summed E-state index contributed by atoms with van der Waals surface area (Å²) in [7, 11) is 0.0293. The van der Waals surface area contributed by atoms with Crippen molar-refractivity contribution in [2.75, 3.05) is 20.8 Å². The first-order chi connectivity index (χ1) is 20.0. The van der Waals surface area contributed by atoms with E-state index in [0.29, 0.717) is 19.4 Å². The van der Waals surface area contributed by atoms with Gasteiger partial charge in [-0.2, -0.15) is 0 Å². The van der Waals surface area contributed by atoms with Gasteiger partial charge in [0.05, 0.1) is 14.2 Å². The molecule has 2 aromatic carbocycles. The fourth-order valence-electron chi connectivity index (χ4n) is 7.25. The summed E-state index contributed by atoms with van der Waals surface area (Å²) in [6, 6.07) is 21.6. The van der Waals surface area contributed by atoms with Crippen molar-refractivity contribution < 1.29 is 23.5 Å². The minimum absolute atomic E-state index is 0.0772. The molecule has 0 N–H and O–H groups in total. The molecule has 0 heterocycles. The zero-order valence-electron chi connectivity index (χ0n) is 26.7. The van der Waals surface area contributed by atoms with E-state index in [0.717, 1.165) is 25.7 Å². The summed E-state index contributed by atoms with van der Waals surface area (Å²) < 4.78 is 17.5. The molecule has 1 saturated carbocycles. The zero-order chi connectivity index (χ0) is 30.9. The van der Waals surface area contributed by atoms with Crippen molar-refractivity contribution in [1.29, 1.82) is 0 Å². The van der Waals surface area contributed by atoms with Crippen molar-refractivity contribution in [1.82, 2.24) is 0 Å². The lowest BCUT2D eigenvalue weighted by Crippen LogP contribution is -2.66. The number of benzene rings is 2. The Bertz CT molecular complexity index is 1090. The van der Waals surface area contributed by atoms with Gasteiger partial charge in [-0.25, -0.2) is 0 Å². The number of hydrogen-bond donors (Lipinski definition) is 0. The number of hydrogen-bond acceptors (Lipinski definition) is 5. The van der Waals surface area contributed by atoms with E-state index >= 15 is 0 Å². The SMILES string of the molecule is C=CCC(C)(CCC1(CCO[Si](c2ccccc2)(c2ccccc2)C(C)(C)C)CCCCC1)C(C(=O)OC)C(=O)OC. The quantitative estimate of drug-likeness (QED) is 0.100. The smallest absolute Gasteiger partial charge is 0.320 e. The first-order valence-electron chi connectivity index (χ1n) is 15.5. The van der Waals surface area contributed by atoms with Crippen LogP contribution >= 0.6 is 0 Å². The predicted molar refractivity (Wildman–Crippen MR) is 173 cm³/mol. The highest BCUT2D eigenvalue weighted by Crippen LogP contribution is 2.49. The number of allylic oxidation sites excluding steroid dienone is 1. The maximum Gasteiger partial charge on any atom is 0.320 e. The van der Waals surface area contributed by atoms with E-state index in [-0.39, 0.29) is 10.5 Å². The van der Waals surface area contributed by atoms with Crippen LogP contribution in [0.2, 0.25) is 5.04 Å². The third kappa shape index (κ3) is 7.43. The molecule has 2 aromatic rings. The molecule has 0 aliphatic heterocycles. The lowest BCUT2D eigenvalue weighted by molar-refractivity contribution is -0.165. The monoisotopic (exact) mass is 592 g/mol. The molecule has 42 heavy (non-hydrogen) atoms. The van der Waals surface area contributed by atoms with Crippen LogP contribution in [0.3, 0.4) is 0 Å². The molecule has 230 valence electrons. The van der Waals surface area contributed by atoms with E-state index in [1.165, 1.54) is 43.9 Å². The molecule has 0 aromatic heterocycles. The largest absolute Gasteiger partial charge is 0.468 e. The standard InChI is InChI=1S/C36H52O5Si/c1-8-22-35(5,31(32(37)39-6)33(38)40-7)25-26-36(23-16-11-17-24-36)27-28-41-42(34(2,3)4,29-18-12-9-13-19-29)30-20-14-10-15-21-30/h8-10,12-15,18-21,31H,1,11,16-17,22-28H2,2-7H3. The minimum atomic E-state index is -2.63. The maximum atomic E-state index is 12.8. The second-order valence-electron chi connectivity index (χ2n) is 13.4. The molecular formula is C36H52O5Si. The first-order valence-corrected chi connectivity index (χ1v) is 17.4. The van der Waals surface area contributed by atoms with Gasteiger partial charge in [0.1, 0.15) is 0 Å². The van der Waals surface area contributed by atoms with Crippen LogP contribution in [0.25, 0.3) is 0 Å². The Morgan fingerprint density at radius 3 is 1.79 bits per heavy atom. The van der Waals surface area contributed by atoms with E-state index in [1.807, 2.05) is 6.92 Å². The van der Waals surface area contributed by atoms with E-state index in [2.05, 4.69) is 88.0 Å². The van der Waals surface area contributed by atoms with Crippen LogP contribution in [-0.2, 0) is 23.5 Å². The Labute approximate surface area is 255 Å². The van der Waals surface area contributed by atoms with Gasteiger partial charge in [-0.1, -0.05) is 114 Å². The van der Waals surface area contributed by atoms with Crippen LogP contribution in [-0.4, -0.2) is 41.1 Å². The minimum Gasteiger partial charge on any atom is -0.468 e. The fourth-order valence-corrected chi connectivity index (χ4v) is 11.8. The lowest BCUT2D eigenvalue weighted by Gasteiger charge is -2.45. The van der Waals surface area contributed by atoms with Gasteiger partial charge in [0, 0.05) is 6.61 Å². The van der Waals surface area contributed by atoms with Crippen molar-refractivity contribution in [2.24, 2.45) is 16.7 Å². The highest BCUT2D eigenvalue weighted by atomic mass is 28.4. The van der Waals surface area contributed by atoms with E-state index in [1.54, 1.807) is 6.08 Å². The molecule has 5 nitrogen and oxygen atoms in total.